The number of carbonyl (C=O) groups is 2. The molecule has 2 bridgehead atoms. The van der Waals surface area contributed by atoms with E-state index in [1.807, 2.05) is 0 Å². The van der Waals surface area contributed by atoms with Crippen LogP contribution in [0.15, 0.2) is 15.7 Å². The number of nitrogens with one attached hydrogen (secondary N) is 1. The molecule has 4 aliphatic carbocycles. The first-order valence-electron chi connectivity index (χ1n) is 11.6. The molecule has 7 nitrogen and oxygen atoms in total. The molecule has 0 unspecified atom stereocenters. The van der Waals surface area contributed by atoms with Crippen LogP contribution in [0, 0.1) is 11.8 Å². The summed E-state index contributed by atoms with van der Waals surface area (Å²) in [5, 5.41) is 8.07. The summed E-state index contributed by atoms with van der Waals surface area (Å²) in [5.41, 5.74) is 3.01. The van der Waals surface area contributed by atoms with E-state index < -0.39 is 0 Å². The minimum Gasteiger partial charge on any atom is -0.370 e. The number of aldehydes is 1. The molecule has 3 heterocycles. The Kier molecular flexibility index (Phi) is 4.66. The number of hydrogen-bond donors (Lipinski definition) is 1. The highest BCUT2D eigenvalue weighted by Gasteiger charge is 2.40. The van der Waals surface area contributed by atoms with E-state index in [1.165, 1.54) is 11.3 Å². The molecule has 1 amide bonds. The number of carbonyl (C=O) groups excluding carboxylic acids is 2. The van der Waals surface area contributed by atoms with Gasteiger partial charge in [-0.2, -0.15) is 4.98 Å². The van der Waals surface area contributed by atoms with E-state index in [0.29, 0.717) is 41.0 Å². The summed E-state index contributed by atoms with van der Waals surface area (Å²) in [6.45, 7) is 4.63. The maximum Gasteiger partial charge on any atom is 0.261 e. The van der Waals surface area contributed by atoms with Gasteiger partial charge in [-0.05, 0) is 69.8 Å². The van der Waals surface area contributed by atoms with Gasteiger partial charge in [-0.1, -0.05) is 5.16 Å². The second kappa shape index (κ2) is 7.35. The van der Waals surface area contributed by atoms with Crippen molar-refractivity contribution in [1.29, 1.82) is 0 Å². The Morgan fingerprint density at radius 2 is 1.84 bits per heavy atom. The fourth-order valence-corrected chi connectivity index (χ4v) is 6.62. The number of allylic oxidation sites excluding steroid dienone is 1. The van der Waals surface area contributed by atoms with E-state index in [-0.39, 0.29) is 23.3 Å². The second-order valence-electron chi connectivity index (χ2n) is 10.2. The van der Waals surface area contributed by atoms with Gasteiger partial charge >= 0.3 is 0 Å². The Bertz CT molecular complexity index is 1130. The predicted octanol–water partition coefficient (Wildman–Crippen LogP) is 4.78. The van der Waals surface area contributed by atoms with Crippen LogP contribution in [-0.2, 0) is 27.4 Å². The number of amides is 1. The Balaban J connectivity index is 1.40. The van der Waals surface area contributed by atoms with Gasteiger partial charge in [0.15, 0.2) is 5.82 Å². The molecule has 0 radical (unpaired) electrons. The van der Waals surface area contributed by atoms with Gasteiger partial charge in [-0.3, -0.25) is 9.59 Å². The monoisotopic (exact) mass is 453 g/mol. The van der Waals surface area contributed by atoms with Crippen molar-refractivity contribution < 1.29 is 18.8 Å². The van der Waals surface area contributed by atoms with Crippen LogP contribution in [0.3, 0.4) is 0 Å². The molecule has 0 saturated heterocycles. The summed E-state index contributed by atoms with van der Waals surface area (Å²) in [5.74, 6) is 1.83. The van der Waals surface area contributed by atoms with E-state index in [4.69, 9.17) is 9.26 Å². The lowest BCUT2D eigenvalue weighted by Crippen LogP contribution is -2.33. The summed E-state index contributed by atoms with van der Waals surface area (Å²) in [6.07, 6.45) is 7.77. The highest BCUT2D eigenvalue weighted by atomic mass is 32.1. The van der Waals surface area contributed by atoms with Crippen molar-refractivity contribution in [1.82, 2.24) is 10.1 Å². The number of fused-ring (bicyclic) bond motifs is 3. The van der Waals surface area contributed by atoms with Crippen LogP contribution in [0.25, 0.3) is 11.5 Å². The highest BCUT2D eigenvalue weighted by Crippen LogP contribution is 2.48. The third-order valence-corrected chi connectivity index (χ3v) is 8.49. The van der Waals surface area contributed by atoms with Gasteiger partial charge in [0, 0.05) is 28.4 Å². The van der Waals surface area contributed by atoms with Crippen LogP contribution in [-0.4, -0.2) is 27.9 Å². The van der Waals surface area contributed by atoms with Crippen molar-refractivity contribution in [3.05, 3.63) is 27.4 Å². The molecule has 1 N–H and O–H groups in total. The average Bonchev–Trinajstić information content (AvgIpc) is 3.43. The van der Waals surface area contributed by atoms with Gasteiger partial charge in [-0.25, -0.2) is 0 Å². The SMILES string of the molecule is CC1(C)Cc2c(sc(NC(=O)C3=C(C=O)C4CCC3CC4)c2-c2nc(C3CC3)no2)CO1. The number of ether oxygens (including phenoxy) is 1. The summed E-state index contributed by atoms with van der Waals surface area (Å²) in [6, 6.07) is 0. The average molecular weight is 454 g/mol. The third kappa shape index (κ3) is 3.35. The minimum absolute atomic E-state index is 0.163. The molecule has 0 atom stereocenters. The van der Waals surface area contributed by atoms with Gasteiger partial charge < -0.3 is 14.6 Å². The third-order valence-electron chi connectivity index (χ3n) is 7.37. The summed E-state index contributed by atoms with van der Waals surface area (Å²) < 4.78 is 11.7. The zero-order valence-electron chi connectivity index (χ0n) is 18.4. The van der Waals surface area contributed by atoms with Crippen molar-refractivity contribution in [3.63, 3.8) is 0 Å². The van der Waals surface area contributed by atoms with Crippen LogP contribution in [0.4, 0.5) is 5.00 Å². The number of hydrogen-bond acceptors (Lipinski definition) is 7. The van der Waals surface area contributed by atoms with Gasteiger partial charge in [0.2, 0.25) is 0 Å². The standard InChI is InChI=1S/C24H27N3O4S/c1-24(2)9-15-17(11-30-24)32-23(19(15)22-25-20(27-31-22)14-7-8-14)26-21(29)18-13-5-3-12(4-6-13)16(18)10-28/h10,12-14H,3-9,11H2,1-2H3,(H,26,29). The number of anilines is 1. The topological polar surface area (TPSA) is 94.3 Å². The van der Waals surface area contributed by atoms with Crippen LogP contribution in [0.5, 0.6) is 0 Å². The fourth-order valence-electron chi connectivity index (χ4n) is 5.51. The van der Waals surface area contributed by atoms with Crippen molar-refractivity contribution in [2.24, 2.45) is 11.8 Å². The van der Waals surface area contributed by atoms with Crippen LogP contribution < -0.4 is 5.32 Å². The highest BCUT2D eigenvalue weighted by molar-refractivity contribution is 7.17. The van der Waals surface area contributed by atoms with Gasteiger partial charge in [-0.15, -0.1) is 11.3 Å². The lowest BCUT2D eigenvalue weighted by molar-refractivity contribution is -0.114. The Labute approximate surface area is 190 Å². The Morgan fingerprint density at radius 3 is 2.56 bits per heavy atom. The maximum absolute atomic E-state index is 13.5. The van der Waals surface area contributed by atoms with Gasteiger partial charge in [0.1, 0.15) is 11.3 Å². The number of thiophene rings is 1. The Morgan fingerprint density at radius 1 is 1.12 bits per heavy atom. The second-order valence-corrected chi connectivity index (χ2v) is 11.3. The first-order valence-corrected chi connectivity index (χ1v) is 12.4. The quantitative estimate of drug-likeness (QED) is 0.655. The molecule has 2 aromatic rings. The molecule has 32 heavy (non-hydrogen) atoms. The van der Waals surface area contributed by atoms with E-state index in [1.54, 1.807) is 0 Å². The van der Waals surface area contributed by atoms with Crippen LogP contribution >= 0.6 is 11.3 Å². The molecule has 0 spiro atoms. The number of nitrogens with zero attached hydrogens (tertiary/aromatic N) is 2. The Hall–Kier alpha value is -2.32. The zero-order valence-corrected chi connectivity index (χ0v) is 19.2. The molecule has 2 aromatic heterocycles. The van der Waals surface area contributed by atoms with Crippen molar-refractivity contribution >= 4 is 28.5 Å². The molecule has 0 aromatic carbocycles. The fraction of sp³-hybridized carbons (Fsp3) is 0.583. The molecule has 5 aliphatic rings. The van der Waals surface area contributed by atoms with E-state index in [0.717, 1.165) is 66.6 Å². The van der Waals surface area contributed by atoms with Crippen LogP contribution in [0.1, 0.15) is 74.6 Å². The van der Waals surface area contributed by atoms with Crippen molar-refractivity contribution in [2.45, 2.75) is 76.9 Å². The smallest absolute Gasteiger partial charge is 0.261 e. The molecular formula is C24H27N3O4S. The van der Waals surface area contributed by atoms with E-state index in [9.17, 15) is 9.59 Å². The molecule has 1 aliphatic heterocycles. The lowest BCUT2D eigenvalue weighted by Gasteiger charge is -2.37. The summed E-state index contributed by atoms with van der Waals surface area (Å²) >= 11 is 1.52. The number of rotatable bonds is 5. The molecule has 2 fully saturated rings. The molecule has 168 valence electrons. The van der Waals surface area contributed by atoms with Crippen LogP contribution in [0.2, 0.25) is 0 Å². The molecule has 7 rings (SSSR count). The molecular weight excluding hydrogens is 426 g/mol. The number of aromatic nitrogens is 2. The minimum atomic E-state index is -0.306. The van der Waals surface area contributed by atoms with Crippen molar-refractivity contribution in [3.8, 4) is 11.5 Å². The molecule has 2 saturated carbocycles. The first kappa shape index (κ1) is 20.3. The van der Waals surface area contributed by atoms with Gasteiger partial charge in [0.05, 0.1) is 17.8 Å². The van der Waals surface area contributed by atoms with Gasteiger partial charge in [0.25, 0.3) is 11.8 Å². The normalized spacial score (nSPS) is 26.2. The summed E-state index contributed by atoms with van der Waals surface area (Å²) in [7, 11) is 0. The zero-order chi connectivity index (χ0) is 22.0. The summed E-state index contributed by atoms with van der Waals surface area (Å²) in [4.78, 5) is 31.0. The first-order chi connectivity index (χ1) is 15.4. The molecule has 8 heteroatoms. The van der Waals surface area contributed by atoms with Crippen molar-refractivity contribution in [2.75, 3.05) is 5.32 Å². The maximum atomic E-state index is 13.5. The predicted molar refractivity (Wildman–Crippen MR) is 119 cm³/mol. The van der Waals surface area contributed by atoms with E-state index in [2.05, 4.69) is 29.3 Å². The van der Waals surface area contributed by atoms with E-state index >= 15 is 0 Å². The largest absolute Gasteiger partial charge is 0.370 e. The lowest BCUT2D eigenvalue weighted by atomic mass is 9.67.